The van der Waals surface area contributed by atoms with E-state index in [1.54, 1.807) is 11.3 Å². The predicted molar refractivity (Wildman–Crippen MR) is 80.2 cm³/mol. The summed E-state index contributed by atoms with van der Waals surface area (Å²) < 4.78 is 0. The summed E-state index contributed by atoms with van der Waals surface area (Å²) in [5.74, 6) is 0.202. The Morgan fingerprint density at radius 2 is 1.89 bits per heavy atom. The number of benzene rings is 1. The van der Waals surface area contributed by atoms with Gasteiger partial charge in [-0.3, -0.25) is 4.79 Å². The lowest BCUT2D eigenvalue weighted by atomic mass is 10.0. The van der Waals surface area contributed by atoms with E-state index in [0.29, 0.717) is 6.42 Å². The maximum absolute atomic E-state index is 12.2. The smallest absolute Gasteiger partial charge is 0.163 e. The van der Waals surface area contributed by atoms with Gasteiger partial charge in [0.05, 0.1) is 10.7 Å². The van der Waals surface area contributed by atoms with Crippen LogP contribution in [-0.4, -0.2) is 10.8 Å². The number of carbonyl (C=O) groups is 1. The number of thiazole rings is 1. The fourth-order valence-corrected chi connectivity index (χ4v) is 2.86. The first kappa shape index (κ1) is 13.9. The highest BCUT2D eigenvalue weighted by Crippen LogP contribution is 2.19. The van der Waals surface area contributed by atoms with E-state index in [1.807, 2.05) is 32.0 Å². The van der Waals surface area contributed by atoms with Crippen molar-refractivity contribution in [3.8, 4) is 0 Å². The molecule has 19 heavy (non-hydrogen) atoms. The topological polar surface area (TPSA) is 30.0 Å². The molecule has 0 amide bonds. The van der Waals surface area contributed by atoms with Gasteiger partial charge in [-0.05, 0) is 44.9 Å². The second-order valence-corrected chi connectivity index (χ2v) is 6.26. The molecule has 0 atom stereocenters. The molecule has 0 spiro atoms. The van der Waals surface area contributed by atoms with Gasteiger partial charge in [-0.1, -0.05) is 12.1 Å². The molecule has 0 radical (unpaired) electrons. The van der Waals surface area contributed by atoms with Crippen LogP contribution in [0.4, 0.5) is 0 Å². The quantitative estimate of drug-likeness (QED) is 0.782. The van der Waals surface area contributed by atoms with Crippen molar-refractivity contribution >= 4 is 17.1 Å². The normalized spacial score (nSPS) is 10.7. The maximum Gasteiger partial charge on any atom is 0.163 e. The molecule has 0 N–H and O–H groups in total. The summed E-state index contributed by atoms with van der Waals surface area (Å²) in [7, 11) is 0. The Morgan fingerprint density at radius 1 is 1.16 bits per heavy atom. The van der Waals surface area contributed by atoms with Crippen molar-refractivity contribution in [1.82, 2.24) is 4.98 Å². The number of ketones is 1. The highest BCUT2D eigenvalue weighted by Gasteiger charge is 2.10. The van der Waals surface area contributed by atoms with Gasteiger partial charge in [0.2, 0.25) is 0 Å². The standard InChI is InChI=1S/C16H19NOS/c1-10-5-6-14(9-11(10)2)15(18)7-8-16-17-12(3)13(4)19-16/h5-6,9H,7-8H2,1-4H3. The largest absolute Gasteiger partial charge is 0.294 e. The van der Waals surface area contributed by atoms with Crippen LogP contribution in [0.2, 0.25) is 0 Å². The molecule has 0 aliphatic rings. The van der Waals surface area contributed by atoms with E-state index in [1.165, 1.54) is 16.0 Å². The molecule has 0 saturated heterocycles. The number of carbonyl (C=O) groups excluding carboxylic acids is 1. The van der Waals surface area contributed by atoms with E-state index >= 15 is 0 Å². The third kappa shape index (κ3) is 3.29. The fraction of sp³-hybridized carbons (Fsp3) is 0.375. The van der Waals surface area contributed by atoms with Crippen molar-refractivity contribution in [2.45, 2.75) is 40.5 Å². The Labute approximate surface area is 118 Å². The molecular weight excluding hydrogens is 254 g/mol. The second-order valence-electron chi connectivity index (χ2n) is 4.97. The minimum Gasteiger partial charge on any atom is -0.294 e. The van der Waals surface area contributed by atoms with Crippen LogP contribution in [0, 0.1) is 27.7 Å². The SMILES string of the molecule is Cc1ccc(C(=O)CCc2nc(C)c(C)s2)cc1C. The molecule has 2 aromatic rings. The van der Waals surface area contributed by atoms with Gasteiger partial charge in [0.15, 0.2) is 5.78 Å². The fourth-order valence-electron chi connectivity index (χ4n) is 1.93. The molecule has 0 aliphatic heterocycles. The third-order valence-corrected chi connectivity index (χ3v) is 4.60. The number of aromatic nitrogens is 1. The summed E-state index contributed by atoms with van der Waals surface area (Å²) in [6.45, 7) is 8.19. The van der Waals surface area contributed by atoms with E-state index in [2.05, 4.69) is 18.8 Å². The van der Waals surface area contributed by atoms with Gasteiger partial charge in [-0.15, -0.1) is 11.3 Å². The summed E-state index contributed by atoms with van der Waals surface area (Å²) in [5.41, 5.74) is 4.29. The molecule has 2 rings (SSSR count). The minimum absolute atomic E-state index is 0.202. The van der Waals surface area contributed by atoms with Crippen molar-refractivity contribution in [3.63, 3.8) is 0 Å². The summed E-state index contributed by atoms with van der Waals surface area (Å²) in [6.07, 6.45) is 1.28. The van der Waals surface area contributed by atoms with Crippen LogP contribution in [0.5, 0.6) is 0 Å². The molecule has 0 bridgehead atoms. The Hall–Kier alpha value is -1.48. The van der Waals surface area contributed by atoms with Crippen LogP contribution in [0.15, 0.2) is 18.2 Å². The summed E-state index contributed by atoms with van der Waals surface area (Å²) in [5, 5.41) is 1.06. The molecular formula is C16H19NOS. The van der Waals surface area contributed by atoms with Gasteiger partial charge in [0.25, 0.3) is 0 Å². The molecule has 0 aliphatic carbocycles. The molecule has 3 heteroatoms. The highest BCUT2D eigenvalue weighted by atomic mass is 32.1. The van der Waals surface area contributed by atoms with Gasteiger partial charge in [0, 0.05) is 23.3 Å². The number of rotatable bonds is 4. The Balaban J connectivity index is 2.03. The first-order chi connectivity index (χ1) is 8.97. The summed E-state index contributed by atoms with van der Waals surface area (Å²) in [6, 6.07) is 5.92. The zero-order valence-corrected chi connectivity index (χ0v) is 12.7. The highest BCUT2D eigenvalue weighted by molar-refractivity contribution is 7.11. The Kier molecular flexibility index (Phi) is 4.15. The molecule has 100 valence electrons. The van der Waals surface area contributed by atoms with E-state index in [9.17, 15) is 4.79 Å². The van der Waals surface area contributed by atoms with Crippen molar-refractivity contribution in [1.29, 1.82) is 0 Å². The van der Waals surface area contributed by atoms with E-state index in [4.69, 9.17) is 0 Å². The summed E-state index contributed by atoms with van der Waals surface area (Å²) >= 11 is 1.69. The van der Waals surface area contributed by atoms with Crippen LogP contribution >= 0.6 is 11.3 Å². The van der Waals surface area contributed by atoms with Crippen LogP contribution in [0.1, 0.15) is 43.5 Å². The van der Waals surface area contributed by atoms with Crippen LogP contribution in [0.3, 0.4) is 0 Å². The van der Waals surface area contributed by atoms with Gasteiger partial charge in [-0.2, -0.15) is 0 Å². The molecule has 0 fully saturated rings. The van der Waals surface area contributed by atoms with Gasteiger partial charge < -0.3 is 0 Å². The molecule has 1 heterocycles. The maximum atomic E-state index is 12.2. The monoisotopic (exact) mass is 273 g/mol. The van der Waals surface area contributed by atoms with Crippen molar-refractivity contribution in [2.24, 2.45) is 0 Å². The Bertz CT molecular complexity index is 594. The van der Waals surface area contributed by atoms with Crippen molar-refractivity contribution in [2.75, 3.05) is 0 Å². The second kappa shape index (κ2) is 5.66. The summed E-state index contributed by atoms with van der Waals surface area (Å²) in [4.78, 5) is 17.9. The predicted octanol–water partition coefficient (Wildman–Crippen LogP) is 4.19. The molecule has 2 nitrogen and oxygen atoms in total. The Morgan fingerprint density at radius 3 is 2.47 bits per heavy atom. The lowest BCUT2D eigenvalue weighted by Crippen LogP contribution is -2.02. The number of Topliss-reactive ketones (excluding diaryl/α,β-unsaturated/α-hetero) is 1. The van der Waals surface area contributed by atoms with Crippen molar-refractivity contribution in [3.05, 3.63) is 50.5 Å². The van der Waals surface area contributed by atoms with Crippen LogP contribution in [-0.2, 0) is 6.42 Å². The number of hydrogen-bond acceptors (Lipinski definition) is 3. The van der Waals surface area contributed by atoms with E-state index in [0.717, 1.165) is 22.7 Å². The molecule has 0 saturated carbocycles. The van der Waals surface area contributed by atoms with Crippen LogP contribution < -0.4 is 0 Å². The van der Waals surface area contributed by atoms with Gasteiger partial charge in [0.1, 0.15) is 0 Å². The number of nitrogens with zero attached hydrogens (tertiary/aromatic N) is 1. The minimum atomic E-state index is 0.202. The van der Waals surface area contributed by atoms with Gasteiger partial charge >= 0.3 is 0 Å². The number of hydrogen-bond donors (Lipinski definition) is 0. The first-order valence-corrected chi connectivity index (χ1v) is 7.32. The zero-order chi connectivity index (χ0) is 14.0. The molecule has 1 aromatic carbocycles. The van der Waals surface area contributed by atoms with Gasteiger partial charge in [-0.25, -0.2) is 4.98 Å². The average Bonchev–Trinajstić information content (AvgIpc) is 2.69. The lowest BCUT2D eigenvalue weighted by Gasteiger charge is -2.04. The van der Waals surface area contributed by atoms with E-state index in [-0.39, 0.29) is 5.78 Å². The van der Waals surface area contributed by atoms with E-state index < -0.39 is 0 Å². The molecule has 0 unspecified atom stereocenters. The molecule has 1 aromatic heterocycles. The third-order valence-electron chi connectivity index (χ3n) is 3.47. The van der Waals surface area contributed by atoms with Crippen LogP contribution in [0.25, 0.3) is 0 Å². The van der Waals surface area contributed by atoms with Crippen molar-refractivity contribution < 1.29 is 4.79 Å². The number of aryl methyl sites for hydroxylation is 5. The zero-order valence-electron chi connectivity index (χ0n) is 11.9. The lowest BCUT2D eigenvalue weighted by molar-refractivity contribution is 0.0982. The first-order valence-electron chi connectivity index (χ1n) is 6.50. The average molecular weight is 273 g/mol.